The Balaban J connectivity index is 1.59. The number of anilines is 1. The van der Waals surface area contributed by atoms with Crippen LogP contribution in [0.2, 0.25) is 10.0 Å². The SMILES string of the molecule is N#Cc1ccc(NC2NCN(Cc3c(Cl)cccc3Cl)CN2O)cc1. The third-order valence-corrected chi connectivity index (χ3v) is 4.62. The number of rotatable bonds is 4. The predicted octanol–water partition coefficient (Wildman–Crippen LogP) is 3.27. The quantitative estimate of drug-likeness (QED) is 0.759. The number of nitrogens with one attached hydrogen (secondary N) is 2. The van der Waals surface area contributed by atoms with Gasteiger partial charge in [-0.25, -0.2) is 0 Å². The van der Waals surface area contributed by atoms with E-state index in [1.165, 1.54) is 0 Å². The van der Waals surface area contributed by atoms with E-state index < -0.39 is 6.29 Å². The van der Waals surface area contributed by atoms with Crippen molar-refractivity contribution in [3.8, 4) is 6.07 Å². The Bertz CT molecular complexity index is 757. The molecule has 1 atom stereocenters. The fraction of sp³-hybridized carbons (Fsp3) is 0.235. The van der Waals surface area contributed by atoms with Crippen LogP contribution in [0.15, 0.2) is 42.5 Å². The van der Waals surface area contributed by atoms with Crippen molar-refractivity contribution < 1.29 is 5.21 Å². The van der Waals surface area contributed by atoms with Crippen molar-refractivity contribution in [3.05, 3.63) is 63.6 Å². The third-order valence-electron chi connectivity index (χ3n) is 3.91. The number of halogens is 2. The minimum atomic E-state index is -0.439. The lowest BCUT2D eigenvalue weighted by molar-refractivity contribution is -0.183. The average molecular weight is 378 g/mol. The van der Waals surface area contributed by atoms with Crippen molar-refractivity contribution in [2.45, 2.75) is 12.8 Å². The van der Waals surface area contributed by atoms with E-state index in [1.54, 1.807) is 42.5 Å². The minimum absolute atomic E-state index is 0.322. The van der Waals surface area contributed by atoms with Crippen LogP contribution in [-0.2, 0) is 6.54 Å². The molecule has 0 saturated carbocycles. The van der Waals surface area contributed by atoms with Crippen LogP contribution in [0.5, 0.6) is 0 Å². The summed E-state index contributed by atoms with van der Waals surface area (Å²) in [7, 11) is 0. The maximum atomic E-state index is 10.3. The second kappa shape index (κ2) is 8.02. The van der Waals surface area contributed by atoms with Crippen LogP contribution in [-0.4, -0.2) is 34.8 Å². The second-order valence-corrected chi connectivity index (χ2v) is 6.52. The van der Waals surface area contributed by atoms with E-state index in [0.717, 1.165) is 16.3 Å². The van der Waals surface area contributed by atoms with Crippen molar-refractivity contribution in [1.29, 1.82) is 5.26 Å². The van der Waals surface area contributed by atoms with Gasteiger partial charge in [0.05, 0.1) is 25.0 Å². The van der Waals surface area contributed by atoms with E-state index in [1.807, 2.05) is 4.90 Å². The Labute approximate surface area is 156 Å². The van der Waals surface area contributed by atoms with E-state index >= 15 is 0 Å². The molecule has 1 unspecified atom stereocenters. The lowest BCUT2D eigenvalue weighted by Crippen LogP contribution is -2.60. The third kappa shape index (κ3) is 4.41. The summed E-state index contributed by atoms with van der Waals surface area (Å²) in [5, 5.41) is 27.8. The molecule has 0 amide bonds. The summed E-state index contributed by atoms with van der Waals surface area (Å²) in [4.78, 5) is 1.98. The lowest BCUT2D eigenvalue weighted by atomic mass is 10.2. The van der Waals surface area contributed by atoms with E-state index in [0.29, 0.717) is 35.5 Å². The number of nitrogens with zero attached hydrogens (tertiary/aromatic N) is 3. The minimum Gasteiger partial charge on any atom is -0.356 e. The molecular formula is C17H17Cl2N5O. The van der Waals surface area contributed by atoms with Crippen LogP contribution in [0.25, 0.3) is 0 Å². The zero-order valence-electron chi connectivity index (χ0n) is 13.3. The van der Waals surface area contributed by atoms with Crippen molar-refractivity contribution in [2.75, 3.05) is 18.7 Å². The highest BCUT2D eigenvalue weighted by Gasteiger charge is 2.25. The number of nitriles is 1. The molecule has 3 N–H and O–H groups in total. The number of benzene rings is 2. The Kier molecular flexibility index (Phi) is 5.76. The zero-order chi connectivity index (χ0) is 17.8. The summed E-state index contributed by atoms with van der Waals surface area (Å²) in [5.74, 6) is 0. The van der Waals surface area contributed by atoms with E-state index in [2.05, 4.69) is 16.7 Å². The van der Waals surface area contributed by atoms with Gasteiger partial charge in [0.1, 0.15) is 0 Å². The highest BCUT2D eigenvalue weighted by Crippen LogP contribution is 2.26. The summed E-state index contributed by atoms with van der Waals surface area (Å²) in [6.45, 7) is 1.39. The van der Waals surface area contributed by atoms with Crippen molar-refractivity contribution in [2.24, 2.45) is 0 Å². The van der Waals surface area contributed by atoms with Gasteiger partial charge in [0.15, 0.2) is 6.29 Å². The van der Waals surface area contributed by atoms with Crippen LogP contribution in [0.4, 0.5) is 5.69 Å². The lowest BCUT2D eigenvalue weighted by Gasteiger charge is -2.39. The molecule has 1 fully saturated rings. The van der Waals surface area contributed by atoms with Crippen molar-refractivity contribution in [3.63, 3.8) is 0 Å². The van der Waals surface area contributed by atoms with Crippen LogP contribution in [0, 0.1) is 11.3 Å². The van der Waals surface area contributed by atoms with Gasteiger partial charge in [-0.15, -0.1) is 5.06 Å². The highest BCUT2D eigenvalue weighted by atomic mass is 35.5. The molecule has 1 saturated heterocycles. The van der Waals surface area contributed by atoms with Gasteiger partial charge in [-0.05, 0) is 36.4 Å². The maximum absolute atomic E-state index is 10.3. The molecule has 0 radical (unpaired) electrons. The Morgan fingerprint density at radius 3 is 2.48 bits per heavy atom. The summed E-state index contributed by atoms with van der Waals surface area (Å²) in [5.41, 5.74) is 2.23. The average Bonchev–Trinajstić information content (AvgIpc) is 2.61. The topological polar surface area (TPSA) is 74.6 Å². The van der Waals surface area contributed by atoms with E-state index in [4.69, 9.17) is 28.5 Å². The van der Waals surface area contributed by atoms with Gasteiger partial charge in [-0.3, -0.25) is 10.2 Å². The van der Waals surface area contributed by atoms with Gasteiger partial charge >= 0.3 is 0 Å². The summed E-state index contributed by atoms with van der Waals surface area (Å²) >= 11 is 12.4. The molecule has 6 nitrogen and oxygen atoms in total. The molecule has 0 bridgehead atoms. The first-order chi connectivity index (χ1) is 12.1. The Morgan fingerprint density at radius 1 is 1.20 bits per heavy atom. The summed E-state index contributed by atoms with van der Waals surface area (Å²) in [6.07, 6.45) is -0.439. The largest absolute Gasteiger partial charge is 0.356 e. The van der Waals surface area contributed by atoms with E-state index in [9.17, 15) is 5.21 Å². The molecule has 2 aromatic carbocycles. The number of hydrogen-bond acceptors (Lipinski definition) is 6. The van der Waals surface area contributed by atoms with Gasteiger partial charge in [0.25, 0.3) is 0 Å². The van der Waals surface area contributed by atoms with Crippen LogP contribution < -0.4 is 10.6 Å². The van der Waals surface area contributed by atoms with Crippen LogP contribution >= 0.6 is 23.2 Å². The molecule has 1 aliphatic heterocycles. The number of hydrogen-bond donors (Lipinski definition) is 3. The molecule has 1 heterocycles. The molecular weight excluding hydrogens is 361 g/mol. The molecule has 8 heteroatoms. The smallest absolute Gasteiger partial charge is 0.159 e. The zero-order valence-corrected chi connectivity index (χ0v) is 14.8. The Hall–Kier alpha value is -1.85. The first-order valence-corrected chi connectivity index (χ1v) is 8.43. The molecule has 2 aromatic rings. The maximum Gasteiger partial charge on any atom is 0.159 e. The monoisotopic (exact) mass is 377 g/mol. The van der Waals surface area contributed by atoms with Crippen LogP contribution in [0.1, 0.15) is 11.1 Å². The molecule has 0 spiro atoms. The Morgan fingerprint density at radius 2 is 1.88 bits per heavy atom. The predicted molar refractivity (Wildman–Crippen MR) is 97.1 cm³/mol. The number of hydroxylamine groups is 2. The van der Waals surface area contributed by atoms with E-state index in [-0.39, 0.29) is 0 Å². The normalized spacial score (nSPS) is 18.7. The summed E-state index contributed by atoms with van der Waals surface area (Å²) < 4.78 is 0. The first kappa shape index (κ1) is 18.0. The summed E-state index contributed by atoms with van der Waals surface area (Å²) in [6, 6.07) is 14.5. The first-order valence-electron chi connectivity index (χ1n) is 7.67. The fourth-order valence-electron chi connectivity index (χ4n) is 2.59. The van der Waals surface area contributed by atoms with Gasteiger partial charge in [-0.1, -0.05) is 29.3 Å². The molecule has 25 heavy (non-hydrogen) atoms. The molecule has 130 valence electrons. The molecule has 0 aromatic heterocycles. The van der Waals surface area contributed by atoms with Gasteiger partial charge in [0.2, 0.25) is 0 Å². The van der Waals surface area contributed by atoms with Gasteiger partial charge in [0, 0.05) is 27.8 Å². The van der Waals surface area contributed by atoms with Gasteiger partial charge in [-0.2, -0.15) is 5.26 Å². The highest BCUT2D eigenvalue weighted by molar-refractivity contribution is 6.35. The van der Waals surface area contributed by atoms with Gasteiger partial charge < -0.3 is 10.5 Å². The second-order valence-electron chi connectivity index (χ2n) is 5.71. The molecule has 3 rings (SSSR count). The van der Waals surface area contributed by atoms with Crippen molar-refractivity contribution >= 4 is 28.9 Å². The van der Waals surface area contributed by atoms with Crippen molar-refractivity contribution in [1.82, 2.24) is 15.3 Å². The molecule has 0 aliphatic carbocycles. The fourth-order valence-corrected chi connectivity index (χ4v) is 3.11. The van der Waals surface area contributed by atoms with Crippen LogP contribution in [0.3, 0.4) is 0 Å². The standard InChI is InChI=1S/C17H17Cl2N5O/c18-15-2-1-3-16(19)14(15)9-23-10-21-17(24(25)11-23)22-13-6-4-12(8-20)5-7-13/h1-7,17,21-22,25H,9-11H2. The molecule has 1 aliphatic rings.